The molecule has 4 heteroatoms. The van der Waals surface area contributed by atoms with Gasteiger partial charge >= 0.3 is 0 Å². The van der Waals surface area contributed by atoms with Crippen LogP contribution in [0.15, 0.2) is 0 Å². The molecule has 0 aromatic heterocycles. The van der Waals surface area contributed by atoms with E-state index in [1.165, 1.54) is 12.8 Å². The van der Waals surface area contributed by atoms with Crippen LogP contribution in [0, 0.1) is 0 Å². The van der Waals surface area contributed by atoms with Crippen molar-refractivity contribution in [3.63, 3.8) is 0 Å². The maximum Gasteiger partial charge on any atom is 0.290 e. The average molecular weight is 145 g/mol. The second kappa shape index (κ2) is 6.07. The minimum atomic E-state index is -0.250. The van der Waals surface area contributed by atoms with Gasteiger partial charge in [-0.3, -0.25) is 9.59 Å². The highest BCUT2D eigenvalue weighted by Crippen LogP contribution is 2.02. The van der Waals surface area contributed by atoms with Gasteiger partial charge in [-0.15, -0.1) is 0 Å². The number of hydrogen-bond acceptors (Lipinski definition) is 2. The summed E-state index contributed by atoms with van der Waals surface area (Å²) in [4.78, 5) is 20.1. The zero-order valence-corrected chi connectivity index (χ0v) is 5.69. The van der Waals surface area contributed by atoms with Crippen molar-refractivity contribution in [3.05, 3.63) is 0 Å². The first-order valence-corrected chi connectivity index (χ1v) is 3.12. The minimum absolute atomic E-state index is 0.250. The van der Waals surface area contributed by atoms with Gasteiger partial charge in [0, 0.05) is 13.1 Å². The molecular formula is C6H11NO3. The van der Waals surface area contributed by atoms with Gasteiger partial charge in [-0.05, 0) is 12.8 Å². The lowest BCUT2D eigenvalue weighted by Crippen LogP contribution is -2.15. The van der Waals surface area contributed by atoms with Gasteiger partial charge in [-0.2, -0.15) is 0 Å². The molecule has 0 aromatic rings. The molecule has 0 bridgehead atoms. The molecule has 1 aliphatic rings. The molecule has 0 unspecified atom stereocenters. The second-order valence-corrected chi connectivity index (χ2v) is 1.95. The molecule has 0 saturated carbocycles. The Balaban J connectivity index is 0.000000236. The summed E-state index contributed by atoms with van der Waals surface area (Å²) in [5.74, 6) is 0. The predicted octanol–water partition coefficient (Wildman–Crippen LogP) is -0.0606. The lowest BCUT2D eigenvalue weighted by atomic mass is 10.4. The van der Waals surface area contributed by atoms with Gasteiger partial charge in [0.2, 0.25) is 6.41 Å². The first-order valence-electron chi connectivity index (χ1n) is 3.12. The maximum absolute atomic E-state index is 9.93. The van der Waals surface area contributed by atoms with Gasteiger partial charge in [0.1, 0.15) is 0 Å². The Morgan fingerprint density at radius 1 is 1.20 bits per heavy atom. The predicted molar refractivity (Wildman–Crippen MR) is 35.6 cm³/mol. The first kappa shape index (κ1) is 8.94. The summed E-state index contributed by atoms with van der Waals surface area (Å²) >= 11 is 0. The van der Waals surface area contributed by atoms with E-state index in [4.69, 9.17) is 9.90 Å². The average Bonchev–Trinajstić information content (AvgIpc) is 2.39. The van der Waals surface area contributed by atoms with Crippen LogP contribution in [0.3, 0.4) is 0 Å². The zero-order chi connectivity index (χ0) is 7.82. The molecule has 0 radical (unpaired) electrons. The molecule has 0 spiro atoms. The smallest absolute Gasteiger partial charge is 0.290 e. The SMILES string of the molecule is O=CN1CCCC1.O=CO. The zero-order valence-electron chi connectivity index (χ0n) is 5.69. The molecule has 1 amide bonds. The summed E-state index contributed by atoms with van der Waals surface area (Å²) in [6, 6.07) is 0. The molecule has 1 fully saturated rings. The quantitative estimate of drug-likeness (QED) is 0.526. The van der Waals surface area contributed by atoms with Crippen molar-refractivity contribution in [2.75, 3.05) is 13.1 Å². The topological polar surface area (TPSA) is 57.6 Å². The van der Waals surface area contributed by atoms with Crippen LogP contribution in [0.4, 0.5) is 0 Å². The molecule has 0 aliphatic carbocycles. The van der Waals surface area contributed by atoms with E-state index in [9.17, 15) is 4.79 Å². The largest absolute Gasteiger partial charge is 0.483 e. The number of nitrogens with zero attached hydrogens (tertiary/aromatic N) is 1. The summed E-state index contributed by atoms with van der Waals surface area (Å²) in [7, 11) is 0. The third-order valence-electron chi connectivity index (χ3n) is 1.29. The third-order valence-corrected chi connectivity index (χ3v) is 1.29. The lowest BCUT2D eigenvalue weighted by Gasteiger charge is -2.03. The molecular weight excluding hydrogens is 134 g/mol. The van der Waals surface area contributed by atoms with Crippen LogP contribution in [-0.2, 0) is 9.59 Å². The van der Waals surface area contributed by atoms with Gasteiger partial charge in [-0.25, -0.2) is 0 Å². The molecule has 4 nitrogen and oxygen atoms in total. The molecule has 1 N–H and O–H groups in total. The molecule has 1 saturated heterocycles. The Labute approximate surface area is 59.4 Å². The van der Waals surface area contributed by atoms with E-state index in [1.54, 1.807) is 4.90 Å². The molecule has 0 atom stereocenters. The highest BCUT2D eigenvalue weighted by atomic mass is 16.3. The Hall–Kier alpha value is -1.06. The van der Waals surface area contributed by atoms with Crippen molar-refractivity contribution in [1.82, 2.24) is 4.90 Å². The molecule has 1 rings (SSSR count). The standard InChI is InChI=1S/C5H9NO.CH2O2/c7-5-6-3-1-2-4-6;2-1-3/h5H,1-4H2;1H,(H,2,3). The summed E-state index contributed by atoms with van der Waals surface area (Å²) in [5.41, 5.74) is 0. The van der Waals surface area contributed by atoms with Gasteiger partial charge in [-0.1, -0.05) is 0 Å². The fourth-order valence-electron chi connectivity index (χ4n) is 0.847. The van der Waals surface area contributed by atoms with Crippen LogP contribution in [0.1, 0.15) is 12.8 Å². The monoisotopic (exact) mass is 145 g/mol. The molecule has 0 aromatic carbocycles. The third kappa shape index (κ3) is 3.88. The number of hydrogen-bond donors (Lipinski definition) is 1. The molecule has 58 valence electrons. The van der Waals surface area contributed by atoms with E-state index >= 15 is 0 Å². The van der Waals surface area contributed by atoms with E-state index in [1.807, 2.05) is 0 Å². The molecule has 1 aliphatic heterocycles. The minimum Gasteiger partial charge on any atom is -0.483 e. The number of likely N-dealkylation sites (tertiary alicyclic amines) is 1. The Kier molecular flexibility index (Phi) is 5.42. The second-order valence-electron chi connectivity index (χ2n) is 1.95. The highest BCUT2D eigenvalue weighted by Gasteiger charge is 2.06. The van der Waals surface area contributed by atoms with E-state index in [-0.39, 0.29) is 6.47 Å². The fourth-order valence-corrected chi connectivity index (χ4v) is 0.847. The van der Waals surface area contributed by atoms with E-state index in [2.05, 4.69) is 0 Å². The van der Waals surface area contributed by atoms with E-state index in [0.29, 0.717) is 0 Å². The van der Waals surface area contributed by atoms with Crippen molar-refractivity contribution in [2.24, 2.45) is 0 Å². The van der Waals surface area contributed by atoms with Gasteiger partial charge in [0.15, 0.2) is 0 Å². The van der Waals surface area contributed by atoms with E-state index < -0.39 is 0 Å². The summed E-state index contributed by atoms with van der Waals surface area (Å²) < 4.78 is 0. The fraction of sp³-hybridized carbons (Fsp3) is 0.667. The van der Waals surface area contributed by atoms with Crippen molar-refractivity contribution in [2.45, 2.75) is 12.8 Å². The van der Waals surface area contributed by atoms with Gasteiger partial charge in [0.25, 0.3) is 6.47 Å². The van der Waals surface area contributed by atoms with Crippen LogP contribution in [0.5, 0.6) is 0 Å². The summed E-state index contributed by atoms with van der Waals surface area (Å²) in [6.07, 6.45) is 3.31. The Morgan fingerprint density at radius 3 is 1.80 bits per heavy atom. The summed E-state index contributed by atoms with van der Waals surface area (Å²) in [6.45, 7) is 1.70. The van der Waals surface area contributed by atoms with Crippen LogP contribution in [0.2, 0.25) is 0 Å². The van der Waals surface area contributed by atoms with Crippen LogP contribution >= 0.6 is 0 Å². The van der Waals surface area contributed by atoms with E-state index in [0.717, 1.165) is 19.5 Å². The highest BCUT2D eigenvalue weighted by molar-refractivity contribution is 5.47. The number of carbonyl (C=O) groups is 2. The number of carboxylic acid groups (broad SMARTS) is 1. The maximum atomic E-state index is 9.93. The van der Waals surface area contributed by atoms with Crippen molar-refractivity contribution in [3.8, 4) is 0 Å². The normalized spacial score (nSPS) is 15.4. The number of amides is 1. The van der Waals surface area contributed by atoms with Crippen molar-refractivity contribution < 1.29 is 14.7 Å². The van der Waals surface area contributed by atoms with Crippen molar-refractivity contribution >= 4 is 12.9 Å². The van der Waals surface area contributed by atoms with Gasteiger partial charge < -0.3 is 10.0 Å². The number of carbonyl (C=O) groups excluding carboxylic acids is 1. The Morgan fingerprint density at radius 2 is 1.60 bits per heavy atom. The number of rotatable bonds is 1. The van der Waals surface area contributed by atoms with Gasteiger partial charge in [0.05, 0.1) is 0 Å². The summed E-state index contributed by atoms with van der Waals surface area (Å²) in [5, 5.41) is 6.89. The van der Waals surface area contributed by atoms with Crippen LogP contribution < -0.4 is 0 Å². The molecule has 1 heterocycles. The first-order chi connectivity index (χ1) is 4.85. The van der Waals surface area contributed by atoms with Crippen molar-refractivity contribution in [1.29, 1.82) is 0 Å². The lowest BCUT2D eigenvalue weighted by molar-refractivity contribution is -0.123. The molecule has 10 heavy (non-hydrogen) atoms. The van der Waals surface area contributed by atoms with Crippen LogP contribution in [-0.4, -0.2) is 36.0 Å². The Bertz CT molecular complexity index is 99.2. The van der Waals surface area contributed by atoms with Crippen LogP contribution in [0.25, 0.3) is 0 Å².